The van der Waals surface area contributed by atoms with Crippen LogP contribution < -0.4 is 15.8 Å². The van der Waals surface area contributed by atoms with Crippen LogP contribution in [0.5, 0.6) is 5.75 Å². The molecule has 6 heteroatoms. The van der Waals surface area contributed by atoms with Crippen molar-refractivity contribution in [2.24, 2.45) is 0 Å². The van der Waals surface area contributed by atoms with Crippen LogP contribution in [0.1, 0.15) is 10.4 Å². The van der Waals surface area contributed by atoms with Crippen molar-refractivity contribution < 1.29 is 9.53 Å². The van der Waals surface area contributed by atoms with E-state index in [-0.39, 0.29) is 5.91 Å². The largest absolute Gasteiger partial charge is 0.496 e. The lowest BCUT2D eigenvalue weighted by Crippen LogP contribution is -2.13. The fraction of sp³-hybridized carbons (Fsp3) is 0.0714. The summed E-state index contributed by atoms with van der Waals surface area (Å²) < 4.78 is 6.02. The molecule has 0 saturated carbocycles. The molecule has 0 heterocycles. The topological polar surface area (TPSA) is 64.3 Å². The van der Waals surface area contributed by atoms with E-state index >= 15 is 0 Å². The predicted octanol–water partition coefficient (Wildman–Crippen LogP) is 3.95. The molecular formula is C14H12BrClN2O2. The average molecular weight is 356 g/mol. The second-order valence-corrected chi connectivity index (χ2v) is 5.36. The van der Waals surface area contributed by atoms with E-state index in [1.54, 1.807) is 36.4 Å². The van der Waals surface area contributed by atoms with Gasteiger partial charge in [-0.15, -0.1) is 0 Å². The third-order valence-electron chi connectivity index (χ3n) is 2.65. The highest BCUT2D eigenvalue weighted by Gasteiger charge is 2.14. The molecule has 3 N–H and O–H groups in total. The van der Waals surface area contributed by atoms with Crippen molar-refractivity contribution in [3.63, 3.8) is 0 Å². The van der Waals surface area contributed by atoms with Gasteiger partial charge in [-0.3, -0.25) is 4.79 Å². The van der Waals surface area contributed by atoms with Gasteiger partial charge in [0.05, 0.1) is 23.4 Å². The molecule has 0 radical (unpaired) electrons. The Bertz CT molecular complexity index is 662. The Balaban J connectivity index is 2.28. The number of carbonyl (C=O) groups excluding carboxylic acids is 1. The van der Waals surface area contributed by atoms with Crippen LogP contribution in [0.4, 0.5) is 11.4 Å². The molecule has 0 atom stereocenters. The van der Waals surface area contributed by atoms with Gasteiger partial charge in [0.1, 0.15) is 5.75 Å². The Morgan fingerprint density at radius 3 is 2.70 bits per heavy atom. The van der Waals surface area contributed by atoms with Crippen molar-refractivity contribution in [2.45, 2.75) is 0 Å². The molecule has 0 fully saturated rings. The van der Waals surface area contributed by atoms with Crippen LogP contribution >= 0.6 is 27.5 Å². The monoisotopic (exact) mass is 354 g/mol. The molecule has 0 saturated heterocycles. The predicted molar refractivity (Wildman–Crippen MR) is 84.5 cm³/mol. The molecule has 2 aromatic rings. The summed E-state index contributed by atoms with van der Waals surface area (Å²) >= 11 is 9.35. The zero-order chi connectivity index (χ0) is 14.7. The maximum atomic E-state index is 12.2. The number of nitrogen functional groups attached to an aromatic ring is 1. The van der Waals surface area contributed by atoms with E-state index in [9.17, 15) is 4.79 Å². The zero-order valence-electron chi connectivity index (χ0n) is 10.6. The van der Waals surface area contributed by atoms with Crippen molar-refractivity contribution in [2.75, 3.05) is 18.2 Å². The number of ether oxygens (including phenoxy) is 1. The lowest BCUT2D eigenvalue weighted by atomic mass is 10.2. The second-order valence-electron chi connectivity index (χ2n) is 4.04. The van der Waals surface area contributed by atoms with Crippen molar-refractivity contribution in [1.29, 1.82) is 0 Å². The Hall–Kier alpha value is -1.72. The van der Waals surface area contributed by atoms with Crippen molar-refractivity contribution in [3.05, 3.63) is 51.5 Å². The van der Waals surface area contributed by atoms with Crippen molar-refractivity contribution in [3.8, 4) is 5.75 Å². The molecule has 1 amide bonds. The number of halogens is 2. The molecule has 20 heavy (non-hydrogen) atoms. The smallest absolute Gasteiger partial charge is 0.259 e. The van der Waals surface area contributed by atoms with Gasteiger partial charge in [-0.2, -0.15) is 0 Å². The van der Waals surface area contributed by atoms with E-state index < -0.39 is 0 Å². The minimum Gasteiger partial charge on any atom is -0.496 e. The number of hydrogen-bond acceptors (Lipinski definition) is 3. The number of nitrogens with two attached hydrogens (primary N) is 1. The first-order valence-corrected chi connectivity index (χ1v) is 6.88. The SMILES string of the molecule is COc1cc(Br)ccc1C(=O)Nc1ccc(N)cc1Cl. The van der Waals surface area contributed by atoms with Crippen LogP contribution in [0.3, 0.4) is 0 Å². The fourth-order valence-electron chi connectivity index (χ4n) is 1.68. The van der Waals surface area contributed by atoms with E-state index in [2.05, 4.69) is 21.2 Å². The van der Waals surface area contributed by atoms with E-state index in [1.807, 2.05) is 0 Å². The minimum absolute atomic E-state index is 0.305. The first kappa shape index (κ1) is 14.7. The van der Waals surface area contributed by atoms with E-state index in [0.29, 0.717) is 27.7 Å². The minimum atomic E-state index is -0.305. The summed E-state index contributed by atoms with van der Waals surface area (Å²) in [6.45, 7) is 0. The second kappa shape index (κ2) is 6.15. The number of carbonyl (C=O) groups is 1. The fourth-order valence-corrected chi connectivity index (χ4v) is 2.25. The number of amides is 1. The quantitative estimate of drug-likeness (QED) is 0.820. The van der Waals surface area contributed by atoms with Crippen molar-refractivity contribution >= 4 is 44.8 Å². The van der Waals surface area contributed by atoms with Crippen LogP contribution in [0.25, 0.3) is 0 Å². The highest BCUT2D eigenvalue weighted by molar-refractivity contribution is 9.10. The Kier molecular flexibility index (Phi) is 4.52. The lowest BCUT2D eigenvalue weighted by Gasteiger charge is -2.11. The van der Waals surface area contributed by atoms with Crippen LogP contribution in [0.15, 0.2) is 40.9 Å². The maximum Gasteiger partial charge on any atom is 0.259 e. The summed E-state index contributed by atoms with van der Waals surface area (Å²) in [6.07, 6.45) is 0. The van der Waals surface area contributed by atoms with Crippen LogP contribution in [-0.2, 0) is 0 Å². The number of benzene rings is 2. The molecule has 0 bridgehead atoms. The Labute approximate surface area is 130 Å². The summed E-state index contributed by atoms with van der Waals surface area (Å²) in [6, 6.07) is 10.1. The number of rotatable bonds is 3. The van der Waals surface area contributed by atoms with Gasteiger partial charge >= 0.3 is 0 Å². The van der Waals surface area contributed by atoms with Crippen LogP contribution in [-0.4, -0.2) is 13.0 Å². The first-order chi connectivity index (χ1) is 9.51. The number of methoxy groups -OCH3 is 1. The molecule has 2 rings (SSSR count). The summed E-state index contributed by atoms with van der Waals surface area (Å²) in [5, 5.41) is 3.11. The van der Waals surface area contributed by atoms with Crippen LogP contribution in [0, 0.1) is 0 Å². The number of nitrogens with one attached hydrogen (secondary N) is 1. The highest BCUT2D eigenvalue weighted by atomic mass is 79.9. The standard InChI is InChI=1S/C14H12BrClN2O2/c1-20-13-6-8(15)2-4-10(13)14(19)18-12-5-3-9(17)7-11(12)16/h2-7H,17H2,1H3,(H,18,19). The maximum absolute atomic E-state index is 12.2. The summed E-state index contributed by atoms with van der Waals surface area (Å²) in [7, 11) is 1.51. The summed E-state index contributed by atoms with van der Waals surface area (Å²) in [4.78, 5) is 12.2. The third kappa shape index (κ3) is 3.23. The molecule has 0 aliphatic rings. The van der Waals surface area contributed by atoms with Gasteiger partial charge in [-0.25, -0.2) is 0 Å². The normalized spacial score (nSPS) is 10.2. The van der Waals surface area contributed by atoms with E-state index in [4.69, 9.17) is 22.1 Å². The zero-order valence-corrected chi connectivity index (χ0v) is 13.0. The van der Waals surface area contributed by atoms with Gasteiger partial charge in [0.2, 0.25) is 0 Å². The molecule has 0 spiro atoms. The lowest BCUT2D eigenvalue weighted by molar-refractivity contribution is 0.102. The molecule has 0 aromatic heterocycles. The van der Waals surface area contributed by atoms with E-state index in [0.717, 1.165) is 4.47 Å². The molecule has 4 nitrogen and oxygen atoms in total. The van der Waals surface area contributed by atoms with Gasteiger partial charge < -0.3 is 15.8 Å². The molecule has 0 unspecified atom stereocenters. The number of hydrogen-bond donors (Lipinski definition) is 2. The summed E-state index contributed by atoms with van der Waals surface area (Å²) in [5.74, 6) is 0.171. The van der Waals surface area contributed by atoms with E-state index in [1.165, 1.54) is 7.11 Å². The van der Waals surface area contributed by atoms with Crippen molar-refractivity contribution in [1.82, 2.24) is 0 Å². The first-order valence-electron chi connectivity index (χ1n) is 5.71. The summed E-state index contributed by atoms with van der Waals surface area (Å²) in [5.41, 5.74) is 7.06. The highest BCUT2D eigenvalue weighted by Crippen LogP contribution is 2.27. The van der Waals surface area contributed by atoms with Gasteiger partial charge in [-0.05, 0) is 36.4 Å². The van der Waals surface area contributed by atoms with Gasteiger partial charge in [0.15, 0.2) is 0 Å². The average Bonchev–Trinajstić information content (AvgIpc) is 2.41. The Morgan fingerprint density at radius 1 is 1.30 bits per heavy atom. The van der Waals surface area contributed by atoms with Gasteiger partial charge in [-0.1, -0.05) is 27.5 Å². The third-order valence-corrected chi connectivity index (χ3v) is 3.46. The Morgan fingerprint density at radius 2 is 2.05 bits per heavy atom. The van der Waals surface area contributed by atoms with Gasteiger partial charge in [0, 0.05) is 10.2 Å². The number of anilines is 2. The van der Waals surface area contributed by atoms with Crippen LogP contribution in [0.2, 0.25) is 5.02 Å². The van der Waals surface area contributed by atoms with Gasteiger partial charge in [0.25, 0.3) is 5.91 Å². The molecule has 2 aromatic carbocycles. The molecule has 104 valence electrons. The molecule has 0 aliphatic heterocycles. The molecule has 0 aliphatic carbocycles. The molecular weight excluding hydrogens is 344 g/mol.